The van der Waals surface area contributed by atoms with Crippen molar-refractivity contribution in [3.63, 3.8) is 0 Å². The molecule has 0 heterocycles. The lowest BCUT2D eigenvalue weighted by Gasteiger charge is -2.15. The van der Waals surface area contributed by atoms with Gasteiger partial charge in [0.05, 0.1) is 13.2 Å². The Morgan fingerprint density at radius 2 is 0.865 bits per heavy atom. The third-order valence-corrected chi connectivity index (χ3v) is 5.05. The van der Waals surface area contributed by atoms with E-state index in [1.54, 1.807) is 0 Å². The number of aliphatic hydroxyl groups is 2. The van der Waals surface area contributed by atoms with Gasteiger partial charge in [0.25, 0.3) is 0 Å². The van der Waals surface area contributed by atoms with E-state index in [4.69, 9.17) is 23.7 Å². The summed E-state index contributed by atoms with van der Waals surface area (Å²) in [6.45, 7) is 11.3. The predicted octanol–water partition coefficient (Wildman–Crippen LogP) is 2.64. The minimum atomic E-state index is -0.560. The Hall–Kier alpha value is -2.56. The van der Waals surface area contributed by atoms with Gasteiger partial charge in [-0.1, -0.05) is 27.7 Å². The minimum absolute atomic E-state index is 0.231. The largest absolute Gasteiger partial charge is 0.491 e. The lowest BCUT2D eigenvalue weighted by molar-refractivity contribution is 0.0763. The Balaban J connectivity index is 1.51. The normalized spacial score (nSPS) is 13.0. The molecule has 0 fully saturated rings. The highest BCUT2D eigenvalue weighted by Crippen LogP contribution is 2.18. The molecule has 0 saturated heterocycles. The van der Waals surface area contributed by atoms with E-state index in [9.17, 15) is 10.2 Å². The number of rotatable bonds is 20. The zero-order valence-electron chi connectivity index (χ0n) is 22.5. The fourth-order valence-electron chi connectivity index (χ4n) is 3.05. The van der Waals surface area contributed by atoms with Crippen molar-refractivity contribution >= 4 is 0 Å². The van der Waals surface area contributed by atoms with E-state index in [2.05, 4.69) is 10.6 Å². The number of aliphatic hydroxyl groups excluding tert-OH is 2. The summed E-state index contributed by atoms with van der Waals surface area (Å²) in [6, 6.07) is 15.2. The Labute approximate surface area is 221 Å². The smallest absolute Gasteiger partial charge is 0.119 e. The molecular weight excluding hydrogens is 476 g/mol. The number of ether oxygens (including phenoxy) is 5. The Morgan fingerprint density at radius 3 is 1.19 bits per heavy atom. The van der Waals surface area contributed by atoms with Crippen LogP contribution in [-0.4, -0.2) is 87.2 Å². The van der Waals surface area contributed by atoms with E-state index in [-0.39, 0.29) is 13.2 Å². The maximum Gasteiger partial charge on any atom is 0.119 e. The topological polar surface area (TPSA) is 111 Å². The zero-order valence-corrected chi connectivity index (χ0v) is 22.5. The summed E-state index contributed by atoms with van der Waals surface area (Å²) in [5.41, 5.74) is 0. The maximum absolute atomic E-state index is 9.91. The molecule has 0 amide bonds. The summed E-state index contributed by atoms with van der Waals surface area (Å²) in [5, 5.41) is 26.2. The van der Waals surface area contributed by atoms with Crippen LogP contribution >= 0.6 is 0 Å². The van der Waals surface area contributed by atoms with Crippen molar-refractivity contribution in [3.8, 4) is 23.0 Å². The summed E-state index contributed by atoms with van der Waals surface area (Å²) in [5.74, 6) is 2.81. The van der Waals surface area contributed by atoms with E-state index in [0.29, 0.717) is 63.1 Å². The van der Waals surface area contributed by atoms with Crippen LogP contribution in [0, 0.1) is 0 Å². The molecule has 9 heteroatoms. The van der Waals surface area contributed by atoms with Gasteiger partial charge in [0, 0.05) is 25.2 Å². The Kier molecular flexibility index (Phi) is 14.8. The molecule has 4 N–H and O–H groups in total. The predicted molar refractivity (Wildman–Crippen MR) is 144 cm³/mol. The van der Waals surface area contributed by atoms with Gasteiger partial charge >= 0.3 is 0 Å². The quantitative estimate of drug-likeness (QED) is 0.196. The molecule has 2 rings (SSSR count). The third kappa shape index (κ3) is 14.7. The van der Waals surface area contributed by atoms with E-state index in [0.717, 1.165) is 11.5 Å². The van der Waals surface area contributed by atoms with E-state index in [1.807, 2.05) is 76.2 Å². The van der Waals surface area contributed by atoms with E-state index in [1.165, 1.54) is 0 Å². The zero-order chi connectivity index (χ0) is 26.9. The molecule has 0 radical (unpaired) electrons. The molecular formula is C28H44N2O7. The van der Waals surface area contributed by atoms with Gasteiger partial charge < -0.3 is 44.5 Å². The maximum atomic E-state index is 9.91. The van der Waals surface area contributed by atoms with Crippen molar-refractivity contribution in [2.45, 2.75) is 52.0 Å². The van der Waals surface area contributed by atoms with Crippen LogP contribution in [0.3, 0.4) is 0 Å². The molecule has 9 nitrogen and oxygen atoms in total. The van der Waals surface area contributed by atoms with Crippen LogP contribution in [0.25, 0.3) is 0 Å². The Bertz CT molecular complexity index is 762. The highest BCUT2D eigenvalue weighted by molar-refractivity contribution is 5.32. The van der Waals surface area contributed by atoms with Crippen molar-refractivity contribution < 1.29 is 33.9 Å². The molecule has 2 aromatic carbocycles. The summed E-state index contributed by atoms with van der Waals surface area (Å²) < 4.78 is 28.1. The van der Waals surface area contributed by atoms with Crippen molar-refractivity contribution in [2.75, 3.05) is 52.7 Å². The second-order valence-electron chi connectivity index (χ2n) is 9.31. The molecule has 0 aliphatic carbocycles. The van der Waals surface area contributed by atoms with Gasteiger partial charge in [-0.2, -0.15) is 0 Å². The van der Waals surface area contributed by atoms with Gasteiger partial charge in [-0.05, 0) is 48.5 Å². The first-order chi connectivity index (χ1) is 17.8. The van der Waals surface area contributed by atoms with Crippen molar-refractivity contribution in [1.29, 1.82) is 0 Å². The molecule has 0 aliphatic rings. The molecule has 37 heavy (non-hydrogen) atoms. The number of benzene rings is 2. The van der Waals surface area contributed by atoms with Crippen LogP contribution < -0.4 is 29.6 Å². The number of hydrogen-bond donors (Lipinski definition) is 4. The van der Waals surface area contributed by atoms with Gasteiger partial charge in [0.1, 0.15) is 61.6 Å². The second-order valence-corrected chi connectivity index (χ2v) is 9.31. The molecule has 0 bridgehead atoms. The Morgan fingerprint density at radius 1 is 0.541 bits per heavy atom. The van der Waals surface area contributed by atoms with Gasteiger partial charge in [-0.3, -0.25) is 0 Å². The van der Waals surface area contributed by atoms with Crippen molar-refractivity contribution in [1.82, 2.24) is 10.6 Å². The summed E-state index contributed by atoms with van der Waals surface area (Å²) >= 11 is 0. The van der Waals surface area contributed by atoms with Gasteiger partial charge in [0.15, 0.2) is 0 Å². The average molecular weight is 521 g/mol. The molecule has 0 aromatic heterocycles. The highest BCUT2D eigenvalue weighted by Gasteiger charge is 2.07. The number of nitrogens with one attached hydrogen (secondary N) is 2. The second kappa shape index (κ2) is 17.8. The molecule has 0 aliphatic heterocycles. The van der Waals surface area contributed by atoms with Crippen LogP contribution in [0.15, 0.2) is 48.5 Å². The van der Waals surface area contributed by atoms with Gasteiger partial charge in [-0.15, -0.1) is 0 Å². The van der Waals surface area contributed by atoms with Crippen molar-refractivity contribution in [3.05, 3.63) is 48.5 Å². The molecule has 208 valence electrons. The molecule has 0 saturated carbocycles. The lowest BCUT2D eigenvalue weighted by Crippen LogP contribution is -2.35. The standard InChI is InChI=1S/C28H44N2O7/c1-21(2)29-17-23(31)19-36-27-9-5-25(6-10-27)34-15-13-33-14-16-35-26-7-11-28(12-8-26)37-20-24(32)18-30-22(3)4/h5-12,21-24,29-32H,13-20H2,1-4H3. The van der Waals surface area contributed by atoms with Crippen molar-refractivity contribution in [2.24, 2.45) is 0 Å². The number of hydrogen-bond acceptors (Lipinski definition) is 9. The van der Waals surface area contributed by atoms with Crippen LogP contribution in [0.5, 0.6) is 23.0 Å². The summed E-state index contributed by atoms with van der Waals surface area (Å²) in [6.07, 6.45) is -1.12. The van der Waals surface area contributed by atoms with Gasteiger partial charge in [0.2, 0.25) is 0 Å². The van der Waals surface area contributed by atoms with Crippen LogP contribution in [0.4, 0.5) is 0 Å². The van der Waals surface area contributed by atoms with Gasteiger partial charge in [-0.25, -0.2) is 0 Å². The first-order valence-electron chi connectivity index (χ1n) is 12.9. The van der Waals surface area contributed by atoms with Crippen LogP contribution in [-0.2, 0) is 4.74 Å². The first-order valence-corrected chi connectivity index (χ1v) is 12.9. The molecule has 2 unspecified atom stereocenters. The fourth-order valence-corrected chi connectivity index (χ4v) is 3.05. The summed E-state index contributed by atoms with van der Waals surface area (Å²) in [7, 11) is 0. The first kappa shape index (κ1) is 30.7. The molecule has 0 spiro atoms. The molecule has 2 aromatic rings. The summed E-state index contributed by atoms with van der Waals surface area (Å²) in [4.78, 5) is 0. The highest BCUT2D eigenvalue weighted by atomic mass is 16.5. The van der Waals surface area contributed by atoms with Crippen LogP contribution in [0.1, 0.15) is 27.7 Å². The van der Waals surface area contributed by atoms with Crippen LogP contribution in [0.2, 0.25) is 0 Å². The van der Waals surface area contributed by atoms with E-state index >= 15 is 0 Å². The lowest BCUT2D eigenvalue weighted by atomic mass is 10.3. The average Bonchev–Trinajstić information content (AvgIpc) is 2.89. The monoisotopic (exact) mass is 520 g/mol. The minimum Gasteiger partial charge on any atom is -0.491 e. The molecule has 2 atom stereocenters. The van der Waals surface area contributed by atoms with E-state index < -0.39 is 12.2 Å². The third-order valence-electron chi connectivity index (χ3n) is 5.05. The fraction of sp³-hybridized carbons (Fsp3) is 0.571. The SMILES string of the molecule is CC(C)NCC(O)COc1ccc(OCCOCCOc2ccc(OCC(O)CNC(C)C)cc2)cc1.